The summed E-state index contributed by atoms with van der Waals surface area (Å²) in [5.41, 5.74) is 1.27. The van der Waals surface area contributed by atoms with Crippen LogP contribution in [0.4, 0.5) is 5.00 Å². The molecule has 82 valence electrons. The Labute approximate surface area is 92.5 Å². The third-order valence-corrected chi connectivity index (χ3v) is 3.93. The SMILES string of the molecule is CC1(NCc2csc([N+](=O)[O-])c2)CCC1. The predicted molar refractivity (Wildman–Crippen MR) is 60.1 cm³/mol. The zero-order chi connectivity index (χ0) is 10.9. The fraction of sp³-hybridized carbons (Fsp3) is 0.600. The number of thiophene rings is 1. The molecule has 0 spiro atoms. The molecule has 1 aliphatic rings. The minimum Gasteiger partial charge on any atom is -0.307 e. The molecule has 4 nitrogen and oxygen atoms in total. The normalized spacial score (nSPS) is 18.5. The molecule has 0 amide bonds. The van der Waals surface area contributed by atoms with Crippen molar-refractivity contribution in [2.75, 3.05) is 0 Å². The molecule has 1 fully saturated rings. The maximum absolute atomic E-state index is 10.5. The summed E-state index contributed by atoms with van der Waals surface area (Å²) in [4.78, 5) is 10.1. The Bertz CT molecular complexity index is 371. The fourth-order valence-corrected chi connectivity index (χ4v) is 2.48. The zero-order valence-electron chi connectivity index (χ0n) is 8.66. The van der Waals surface area contributed by atoms with E-state index in [1.54, 1.807) is 6.07 Å². The summed E-state index contributed by atoms with van der Waals surface area (Å²) in [6.07, 6.45) is 3.70. The van der Waals surface area contributed by atoms with Crippen LogP contribution in [0.15, 0.2) is 11.4 Å². The minimum atomic E-state index is -0.334. The number of nitro groups is 1. The average Bonchev–Trinajstić information content (AvgIpc) is 2.60. The standard InChI is InChI=1S/C10H14N2O2S/c1-10(3-2-4-10)11-6-8-5-9(12(13)14)15-7-8/h5,7,11H,2-4,6H2,1H3. The van der Waals surface area contributed by atoms with Crippen LogP contribution in [0.5, 0.6) is 0 Å². The van der Waals surface area contributed by atoms with Crippen LogP contribution >= 0.6 is 11.3 Å². The van der Waals surface area contributed by atoms with Gasteiger partial charge in [0, 0.05) is 23.5 Å². The van der Waals surface area contributed by atoms with E-state index in [0.717, 1.165) is 12.1 Å². The van der Waals surface area contributed by atoms with Gasteiger partial charge in [0.1, 0.15) is 0 Å². The predicted octanol–water partition coefficient (Wildman–Crippen LogP) is 2.69. The lowest BCUT2D eigenvalue weighted by atomic mass is 9.78. The van der Waals surface area contributed by atoms with Crippen LogP contribution in [-0.4, -0.2) is 10.5 Å². The van der Waals surface area contributed by atoms with Crippen molar-refractivity contribution >= 4 is 16.3 Å². The molecule has 1 aliphatic carbocycles. The molecule has 0 aliphatic heterocycles. The molecule has 0 radical (unpaired) electrons. The van der Waals surface area contributed by atoms with Gasteiger partial charge in [-0.15, -0.1) is 0 Å². The van der Waals surface area contributed by atoms with Crippen molar-refractivity contribution in [3.8, 4) is 0 Å². The minimum absolute atomic E-state index is 0.227. The smallest absolute Gasteiger partial charge is 0.307 e. The molecule has 0 unspecified atom stereocenters. The van der Waals surface area contributed by atoms with Crippen LogP contribution in [0.25, 0.3) is 0 Å². The highest BCUT2D eigenvalue weighted by molar-refractivity contribution is 7.13. The molecule has 0 aromatic carbocycles. The first-order valence-electron chi connectivity index (χ1n) is 5.06. The molecule has 2 rings (SSSR count). The lowest BCUT2D eigenvalue weighted by Crippen LogP contribution is -2.47. The summed E-state index contributed by atoms with van der Waals surface area (Å²) >= 11 is 1.19. The van der Waals surface area contributed by atoms with E-state index in [0.29, 0.717) is 0 Å². The van der Waals surface area contributed by atoms with Gasteiger partial charge in [0.05, 0.1) is 4.92 Å². The second-order valence-corrected chi connectivity index (χ2v) is 5.21. The largest absolute Gasteiger partial charge is 0.324 e. The first-order valence-corrected chi connectivity index (χ1v) is 5.94. The average molecular weight is 226 g/mol. The summed E-state index contributed by atoms with van der Waals surface area (Å²) in [5.74, 6) is 0. The molecule has 15 heavy (non-hydrogen) atoms. The van der Waals surface area contributed by atoms with Gasteiger partial charge in [-0.2, -0.15) is 0 Å². The van der Waals surface area contributed by atoms with Gasteiger partial charge >= 0.3 is 5.00 Å². The highest BCUT2D eigenvalue weighted by Gasteiger charge is 2.30. The number of nitrogens with one attached hydrogen (secondary N) is 1. The fourth-order valence-electron chi connectivity index (χ4n) is 1.75. The van der Waals surface area contributed by atoms with Gasteiger partial charge in [0.15, 0.2) is 0 Å². The van der Waals surface area contributed by atoms with Crippen LogP contribution in [0, 0.1) is 10.1 Å². The van der Waals surface area contributed by atoms with E-state index < -0.39 is 0 Å². The highest BCUT2D eigenvalue weighted by atomic mass is 32.1. The lowest BCUT2D eigenvalue weighted by Gasteiger charge is -2.39. The van der Waals surface area contributed by atoms with Crippen LogP contribution in [0.1, 0.15) is 31.7 Å². The molecule has 1 N–H and O–H groups in total. The van der Waals surface area contributed by atoms with Crippen LogP contribution in [0.2, 0.25) is 0 Å². The quantitative estimate of drug-likeness (QED) is 0.634. The van der Waals surface area contributed by atoms with E-state index in [1.807, 2.05) is 5.38 Å². The molecule has 1 heterocycles. The molecule has 0 bridgehead atoms. The van der Waals surface area contributed by atoms with Gasteiger partial charge < -0.3 is 5.32 Å². The number of hydrogen-bond donors (Lipinski definition) is 1. The van der Waals surface area contributed by atoms with Gasteiger partial charge in [-0.1, -0.05) is 11.3 Å². The van der Waals surface area contributed by atoms with Crippen molar-refractivity contribution in [1.82, 2.24) is 5.32 Å². The van der Waals surface area contributed by atoms with Gasteiger partial charge in [-0.25, -0.2) is 0 Å². The summed E-state index contributed by atoms with van der Waals surface area (Å²) < 4.78 is 0. The Kier molecular flexibility index (Phi) is 2.75. The van der Waals surface area contributed by atoms with Crippen LogP contribution < -0.4 is 5.32 Å². The van der Waals surface area contributed by atoms with E-state index in [2.05, 4.69) is 12.2 Å². The van der Waals surface area contributed by atoms with Crippen molar-refractivity contribution in [2.24, 2.45) is 0 Å². The first kappa shape index (κ1) is 10.6. The van der Waals surface area contributed by atoms with E-state index in [-0.39, 0.29) is 15.5 Å². The van der Waals surface area contributed by atoms with Crippen molar-refractivity contribution in [2.45, 2.75) is 38.3 Å². The molecule has 5 heteroatoms. The van der Waals surface area contributed by atoms with Crippen LogP contribution in [0.3, 0.4) is 0 Å². The molecule has 1 aromatic heterocycles. The van der Waals surface area contributed by atoms with Gasteiger partial charge in [0.2, 0.25) is 0 Å². The van der Waals surface area contributed by atoms with Crippen LogP contribution in [-0.2, 0) is 6.54 Å². The molecular weight excluding hydrogens is 212 g/mol. The second kappa shape index (κ2) is 3.90. The maximum Gasteiger partial charge on any atom is 0.324 e. The summed E-state index contributed by atoms with van der Waals surface area (Å²) in [6, 6.07) is 1.65. The van der Waals surface area contributed by atoms with Crippen molar-refractivity contribution < 1.29 is 4.92 Å². The summed E-state index contributed by atoms with van der Waals surface area (Å²) in [7, 11) is 0. The molecule has 0 saturated heterocycles. The third-order valence-electron chi connectivity index (χ3n) is 3.00. The third kappa shape index (κ3) is 2.35. The topological polar surface area (TPSA) is 55.2 Å². The maximum atomic E-state index is 10.5. The second-order valence-electron chi connectivity index (χ2n) is 4.32. The van der Waals surface area contributed by atoms with Crippen molar-refractivity contribution in [3.63, 3.8) is 0 Å². The Morgan fingerprint density at radius 2 is 2.40 bits per heavy atom. The summed E-state index contributed by atoms with van der Waals surface area (Å²) in [6.45, 7) is 2.94. The Hall–Kier alpha value is -0.940. The van der Waals surface area contributed by atoms with Gasteiger partial charge in [0.25, 0.3) is 0 Å². The van der Waals surface area contributed by atoms with Gasteiger partial charge in [-0.05, 0) is 31.7 Å². The Morgan fingerprint density at radius 3 is 2.87 bits per heavy atom. The molecule has 0 atom stereocenters. The van der Waals surface area contributed by atoms with E-state index in [9.17, 15) is 10.1 Å². The van der Waals surface area contributed by atoms with Gasteiger partial charge in [-0.3, -0.25) is 10.1 Å². The molecule has 1 saturated carbocycles. The molecular formula is C10H14N2O2S. The van der Waals surface area contributed by atoms with E-state index in [4.69, 9.17) is 0 Å². The van der Waals surface area contributed by atoms with E-state index in [1.165, 1.54) is 30.6 Å². The lowest BCUT2D eigenvalue weighted by molar-refractivity contribution is -0.380. The number of nitrogens with zero attached hydrogens (tertiary/aromatic N) is 1. The van der Waals surface area contributed by atoms with Crippen molar-refractivity contribution in [3.05, 3.63) is 27.1 Å². The zero-order valence-corrected chi connectivity index (χ0v) is 9.47. The van der Waals surface area contributed by atoms with E-state index >= 15 is 0 Å². The summed E-state index contributed by atoms with van der Waals surface area (Å²) in [5, 5.41) is 16.0. The van der Waals surface area contributed by atoms with Crippen molar-refractivity contribution in [1.29, 1.82) is 0 Å². The molecule has 1 aromatic rings. The Balaban J connectivity index is 1.90. The Morgan fingerprint density at radius 1 is 1.67 bits per heavy atom. The first-order chi connectivity index (χ1) is 7.09. The number of rotatable bonds is 4. The highest BCUT2D eigenvalue weighted by Crippen LogP contribution is 2.31. The number of hydrogen-bond acceptors (Lipinski definition) is 4. The monoisotopic (exact) mass is 226 g/mol.